The van der Waals surface area contributed by atoms with Crippen molar-refractivity contribution < 1.29 is 0 Å². The van der Waals surface area contributed by atoms with Gasteiger partial charge in [0.1, 0.15) is 0 Å². The molecule has 0 saturated carbocycles. The fourth-order valence-electron chi connectivity index (χ4n) is 6.59. The molecule has 0 fully saturated rings. The van der Waals surface area contributed by atoms with Gasteiger partial charge in [0.05, 0.1) is 0 Å². The van der Waals surface area contributed by atoms with Gasteiger partial charge in [-0.2, -0.15) is 0 Å². The summed E-state index contributed by atoms with van der Waals surface area (Å²) in [6, 6.07) is 67.3. The molecule has 1 heterocycles. The summed E-state index contributed by atoms with van der Waals surface area (Å²) in [5, 5.41) is 0. The summed E-state index contributed by atoms with van der Waals surface area (Å²) >= 11 is -4.23. The van der Waals surface area contributed by atoms with E-state index in [1.165, 1.54) is 45.9 Å². The van der Waals surface area contributed by atoms with Crippen LogP contribution in [0.5, 0.6) is 0 Å². The van der Waals surface area contributed by atoms with E-state index in [9.17, 15) is 0 Å². The molecular formula is C40H30Pb. The fourth-order valence-corrected chi connectivity index (χ4v) is 28.4. The van der Waals surface area contributed by atoms with Crippen LogP contribution in [-0.2, 0) is 0 Å². The molecule has 0 amide bonds. The van der Waals surface area contributed by atoms with Crippen molar-refractivity contribution in [1.82, 2.24) is 0 Å². The predicted molar refractivity (Wildman–Crippen MR) is 177 cm³/mol. The van der Waals surface area contributed by atoms with Crippen LogP contribution in [0.15, 0.2) is 182 Å². The molecule has 0 aromatic heterocycles. The third-order valence-corrected chi connectivity index (χ3v) is 27.5. The first-order valence-electron chi connectivity index (χ1n) is 14.2. The van der Waals surface area contributed by atoms with Crippen molar-refractivity contribution in [3.63, 3.8) is 0 Å². The first-order valence-corrected chi connectivity index (χ1v) is 22.0. The van der Waals surface area contributed by atoms with E-state index in [2.05, 4.69) is 182 Å². The Kier molecular flexibility index (Phi) is 7.08. The van der Waals surface area contributed by atoms with Gasteiger partial charge in [0, 0.05) is 0 Å². The minimum atomic E-state index is -4.23. The van der Waals surface area contributed by atoms with Gasteiger partial charge in [-0.15, -0.1) is 0 Å². The van der Waals surface area contributed by atoms with Crippen LogP contribution in [0.3, 0.4) is 0 Å². The molecule has 6 aromatic rings. The number of benzene rings is 6. The van der Waals surface area contributed by atoms with Crippen molar-refractivity contribution in [3.05, 3.63) is 204 Å². The van der Waals surface area contributed by atoms with Crippen molar-refractivity contribution in [2.75, 3.05) is 0 Å². The first-order chi connectivity index (χ1) is 20.4. The average Bonchev–Trinajstić information content (AvgIpc) is 3.40. The summed E-state index contributed by atoms with van der Waals surface area (Å²) in [6.45, 7) is 0. The third-order valence-electron chi connectivity index (χ3n) is 8.16. The molecule has 6 aromatic carbocycles. The number of rotatable bonds is 6. The Balaban J connectivity index is 1.77. The summed E-state index contributed by atoms with van der Waals surface area (Å²) < 4.78 is 6.00. The molecule has 41 heavy (non-hydrogen) atoms. The van der Waals surface area contributed by atoms with Gasteiger partial charge in [-0.1, -0.05) is 0 Å². The molecule has 0 bridgehead atoms. The predicted octanol–water partition coefficient (Wildman–Crippen LogP) is 8.56. The summed E-state index contributed by atoms with van der Waals surface area (Å²) in [5.74, 6) is 0. The molecular weight excluding hydrogens is 688 g/mol. The second-order valence-electron chi connectivity index (χ2n) is 10.4. The number of allylic oxidation sites excluding steroid dienone is 2. The summed E-state index contributed by atoms with van der Waals surface area (Å²) in [7, 11) is 0. The average molecular weight is 718 g/mol. The molecule has 0 unspecified atom stereocenters. The van der Waals surface area contributed by atoms with Crippen LogP contribution < -0.4 is 6.25 Å². The van der Waals surface area contributed by atoms with Crippen molar-refractivity contribution in [2.24, 2.45) is 0 Å². The molecule has 0 aliphatic carbocycles. The maximum atomic E-state index is 2.40. The zero-order valence-corrected chi connectivity index (χ0v) is 26.7. The number of hydrogen-bond acceptors (Lipinski definition) is 0. The monoisotopic (exact) mass is 718 g/mol. The van der Waals surface area contributed by atoms with Crippen LogP contribution in [0.2, 0.25) is 0 Å². The van der Waals surface area contributed by atoms with Crippen molar-refractivity contribution in [2.45, 2.75) is 0 Å². The Hall–Kier alpha value is -4.28. The van der Waals surface area contributed by atoms with Gasteiger partial charge in [-0.3, -0.25) is 0 Å². The molecule has 1 heteroatoms. The SMILES string of the molecule is c1ccc(C2=[C](c3ccccc3)[Pb]([c]3ccccc3)([c]3ccccc3)[C](c3ccccc3)=C2c2ccccc2)cc1. The zero-order valence-electron chi connectivity index (χ0n) is 22.8. The van der Waals surface area contributed by atoms with Crippen LogP contribution in [-0.4, -0.2) is 21.2 Å². The van der Waals surface area contributed by atoms with E-state index in [1.54, 1.807) is 0 Å². The van der Waals surface area contributed by atoms with Gasteiger partial charge < -0.3 is 0 Å². The molecule has 0 saturated heterocycles. The van der Waals surface area contributed by atoms with Crippen molar-refractivity contribution >= 4 is 44.8 Å². The maximum absolute atomic E-state index is 4.23. The molecule has 0 radical (unpaired) electrons. The molecule has 7 rings (SSSR count). The van der Waals surface area contributed by atoms with Gasteiger partial charge in [-0.25, -0.2) is 0 Å². The number of hydrogen-bond donors (Lipinski definition) is 0. The van der Waals surface area contributed by atoms with Gasteiger partial charge in [-0.05, 0) is 0 Å². The van der Waals surface area contributed by atoms with Crippen molar-refractivity contribution in [1.29, 1.82) is 0 Å². The van der Waals surface area contributed by atoms with Crippen LogP contribution in [0.4, 0.5) is 0 Å². The van der Waals surface area contributed by atoms with Crippen LogP contribution in [0.25, 0.3) is 17.4 Å². The molecule has 0 spiro atoms. The van der Waals surface area contributed by atoms with Gasteiger partial charge in [0.15, 0.2) is 0 Å². The van der Waals surface area contributed by atoms with Gasteiger partial charge >= 0.3 is 249 Å². The molecule has 1 aliphatic heterocycles. The Morgan fingerprint density at radius 2 is 0.488 bits per heavy atom. The Morgan fingerprint density at radius 3 is 0.780 bits per heavy atom. The standard InChI is InChI=1S/C28H20.2C6H5.Pb/c1-5-13-23(14-6-1)21-27(25-17-9-3-10-18-25)28(26-19-11-4-12-20-26)22-24-15-7-2-8-16-24;2*1-2-4-6-5-3-1;/h1-20H;2*1-5H;. The van der Waals surface area contributed by atoms with E-state index in [0.717, 1.165) is 0 Å². The molecule has 0 N–H and O–H groups in total. The summed E-state index contributed by atoms with van der Waals surface area (Å²) in [4.78, 5) is 0. The Labute approximate surface area is 247 Å². The molecule has 0 nitrogen and oxygen atoms in total. The minimum absolute atomic E-state index is 1.27. The first kappa shape index (κ1) is 25.7. The van der Waals surface area contributed by atoms with E-state index in [0.29, 0.717) is 0 Å². The zero-order chi connectivity index (χ0) is 27.5. The molecule has 0 atom stereocenters. The van der Waals surface area contributed by atoms with E-state index in [1.807, 2.05) is 0 Å². The van der Waals surface area contributed by atoms with E-state index in [4.69, 9.17) is 0 Å². The topological polar surface area (TPSA) is 0 Å². The third kappa shape index (κ3) is 4.43. The van der Waals surface area contributed by atoms with Crippen LogP contribution in [0, 0.1) is 0 Å². The Bertz CT molecular complexity index is 1680. The van der Waals surface area contributed by atoms with E-state index < -0.39 is 21.2 Å². The second kappa shape index (κ2) is 11.3. The summed E-state index contributed by atoms with van der Waals surface area (Å²) in [5.41, 5.74) is 7.92. The van der Waals surface area contributed by atoms with Crippen molar-refractivity contribution in [3.8, 4) is 0 Å². The fraction of sp³-hybridized carbons (Fsp3) is 0. The quantitative estimate of drug-likeness (QED) is 0.152. The molecule has 1 aliphatic rings. The van der Waals surface area contributed by atoms with E-state index in [-0.39, 0.29) is 0 Å². The van der Waals surface area contributed by atoms with Gasteiger partial charge in [0.2, 0.25) is 0 Å². The molecule has 194 valence electrons. The second-order valence-corrected chi connectivity index (χ2v) is 24.7. The van der Waals surface area contributed by atoms with Crippen LogP contribution in [0.1, 0.15) is 22.3 Å². The Morgan fingerprint density at radius 1 is 0.244 bits per heavy atom. The van der Waals surface area contributed by atoms with Gasteiger partial charge in [0.25, 0.3) is 0 Å². The van der Waals surface area contributed by atoms with Crippen LogP contribution >= 0.6 is 0 Å². The van der Waals surface area contributed by atoms with E-state index >= 15 is 0 Å². The normalized spacial score (nSPS) is 14.3. The summed E-state index contributed by atoms with van der Waals surface area (Å²) in [6.07, 6.45) is 0.